The Bertz CT molecular complexity index is 1340. The Kier molecular flexibility index (Phi) is 6.43. The molecule has 1 aliphatic rings. The molecule has 0 radical (unpaired) electrons. The van der Waals surface area contributed by atoms with E-state index in [-0.39, 0.29) is 11.8 Å². The first-order chi connectivity index (χ1) is 16.4. The molecule has 5 heteroatoms. The number of hydrogen-bond donors (Lipinski definition) is 0. The van der Waals surface area contributed by atoms with Crippen molar-refractivity contribution in [3.8, 4) is 0 Å². The molecule has 0 bridgehead atoms. The van der Waals surface area contributed by atoms with Crippen molar-refractivity contribution < 1.29 is 4.79 Å². The van der Waals surface area contributed by atoms with E-state index in [1.165, 1.54) is 9.77 Å². The molecule has 5 rings (SSSR count). The summed E-state index contributed by atoms with van der Waals surface area (Å²) in [5.74, 6) is 0.198. The van der Waals surface area contributed by atoms with Crippen molar-refractivity contribution in [1.29, 1.82) is 0 Å². The van der Waals surface area contributed by atoms with Crippen LogP contribution in [0, 0.1) is 5.41 Å². The van der Waals surface area contributed by atoms with Crippen LogP contribution in [0.15, 0.2) is 88.6 Å². The zero-order valence-electron chi connectivity index (χ0n) is 19.7. The van der Waals surface area contributed by atoms with E-state index in [0.717, 1.165) is 34.3 Å². The quantitative estimate of drug-likeness (QED) is 0.221. The fourth-order valence-electron chi connectivity index (χ4n) is 4.77. The minimum atomic E-state index is -0.477. The van der Waals surface area contributed by atoms with Gasteiger partial charge in [0.2, 0.25) is 0 Å². The summed E-state index contributed by atoms with van der Waals surface area (Å²) in [5.41, 5.74) is 3.24. The lowest BCUT2D eigenvalue weighted by atomic mass is 9.74. The lowest BCUT2D eigenvalue weighted by Crippen LogP contribution is -2.48. The van der Waals surface area contributed by atoms with Crippen LogP contribution in [0.4, 0.5) is 0 Å². The molecule has 34 heavy (non-hydrogen) atoms. The normalized spacial score (nSPS) is 19.7. The fraction of sp³-hybridized carbons (Fsp3) is 0.241. The Hall–Kier alpha value is -2.73. The van der Waals surface area contributed by atoms with Crippen LogP contribution in [0.25, 0.3) is 17.0 Å². The number of benzene rings is 2. The van der Waals surface area contributed by atoms with E-state index in [0.29, 0.717) is 6.54 Å². The number of piperidine rings is 1. The van der Waals surface area contributed by atoms with Crippen molar-refractivity contribution >= 4 is 45.9 Å². The van der Waals surface area contributed by atoms with Gasteiger partial charge in [-0.25, -0.2) is 4.98 Å². The molecule has 2 aromatic carbocycles. The smallest absolute Gasteiger partial charge is 0.167 e. The maximum absolute atomic E-state index is 13.8. The average Bonchev–Trinajstić information content (AvgIpc) is 3.35. The van der Waals surface area contributed by atoms with Crippen molar-refractivity contribution in [2.24, 2.45) is 5.41 Å². The molecule has 0 aliphatic carbocycles. The molecular formula is C29H28N2OS2. The largest absolute Gasteiger partial charge is 0.294 e. The van der Waals surface area contributed by atoms with Crippen molar-refractivity contribution in [2.75, 3.05) is 12.8 Å². The number of likely N-dealkylation sites (tertiary alicyclic amines) is 1. The summed E-state index contributed by atoms with van der Waals surface area (Å²) in [6.45, 7) is 5.64. The molecule has 4 aromatic rings. The third-order valence-corrected chi connectivity index (χ3v) is 8.03. The van der Waals surface area contributed by atoms with Gasteiger partial charge in [0, 0.05) is 39.2 Å². The Morgan fingerprint density at radius 1 is 1.06 bits per heavy atom. The summed E-state index contributed by atoms with van der Waals surface area (Å²) in [4.78, 5) is 23.7. The van der Waals surface area contributed by atoms with Gasteiger partial charge in [-0.1, -0.05) is 56.3 Å². The zero-order chi connectivity index (χ0) is 23.7. The number of para-hydroxylation sites is 1. The number of aromatic nitrogens is 1. The average molecular weight is 485 g/mol. The molecule has 1 saturated heterocycles. The highest BCUT2D eigenvalue weighted by atomic mass is 32.2. The monoisotopic (exact) mass is 484 g/mol. The highest BCUT2D eigenvalue weighted by Crippen LogP contribution is 2.43. The molecule has 3 heterocycles. The predicted octanol–water partition coefficient (Wildman–Crippen LogP) is 7.25. The second-order valence-electron chi connectivity index (χ2n) is 9.40. The molecule has 1 aliphatic heterocycles. The first-order valence-corrected chi connectivity index (χ1v) is 13.6. The lowest BCUT2D eigenvalue weighted by molar-refractivity contribution is -0.128. The first-order valence-electron chi connectivity index (χ1n) is 11.5. The Morgan fingerprint density at radius 3 is 2.59 bits per heavy atom. The number of carbonyl (C=O) groups excluding carboxylic acids is 1. The minimum Gasteiger partial charge on any atom is -0.294 e. The van der Waals surface area contributed by atoms with Crippen LogP contribution in [-0.2, 0) is 11.3 Å². The number of ketones is 1. The predicted molar refractivity (Wildman–Crippen MR) is 144 cm³/mol. The Labute approximate surface area is 209 Å². The summed E-state index contributed by atoms with van der Waals surface area (Å²) in [6, 6.07) is 25.0. The highest BCUT2D eigenvalue weighted by Gasteiger charge is 2.44. The van der Waals surface area contributed by atoms with Gasteiger partial charge in [0.05, 0.1) is 17.3 Å². The number of Topliss-reactive ketones (excluding diaryl/α,β-unsaturated/α-hetero) is 1. The summed E-state index contributed by atoms with van der Waals surface area (Å²) < 4.78 is 0. The zero-order valence-corrected chi connectivity index (χ0v) is 21.3. The number of pyridine rings is 1. The maximum Gasteiger partial charge on any atom is 0.167 e. The van der Waals surface area contributed by atoms with Crippen LogP contribution in [0.2, 0.25) is 0 Å². The van der Waals surface area contributed by atoms with Gasteiger partial charge < -0.3 is 0 Å². The third kappa shape index (κ3) is 4.61. The van der Waals surface area contributed by atoms with E-state index in [9.17, 15) is 4.79 Å². The van der Waals surface area contributed by atoms with Crippen LogP contribution in [0.3, 0.4) is 0 Å². The van der Waals surface area contributed by atoms with Crippen LogP contribution in [0.5, 0.6) is 0 Å². The number of thiophene rings is 1. The second-order valence-corrected chi connectivity index (χ2v) is 11.3. The van der Waals surface area contributed by atoms with Gasteiger partial charge in [0.25, 0.3) is 0 Å². The number of rotatable bonds is 5. The molecule has 0 spiro atoms. The number of fused-ring (bicyclic) bond motifs is 1. The molecular weight excluding hydrogens is 456 g/mol. The van der Waals surface area contributed by atoms with E-state index < -0.39 is 5.41 Å². The first kappa shape index (κ1) is 23.0. The van der Waals surface area contributed by atoms with Gasteiger partial charge in [0.15, 0.2) is 5.78 Å². The molecule has 1 fully saturated rings. The molecule has 3 nitrogen and oxygen atoms in total. The Balaban J connectivity index is 1.64. The van der Waals surface area contributed by atoms with Gasteiger partial charge in [-0.05, 0) is 53.6 Å². The van der Waals surface area contributed by atoms with Crippen molar-refractivity contribution in [3.63, 3.8) is 0 Å². The standard InChI is InChI=1S/C29H28N2OS2/c1-29(2)19-31(18-24-8-6-16-34-24)27(21-11-14-23(33-3)15-12-21)25(28(29)32)17-22-13-10-20-7-4-5-9-26(20)30-22/h4-17,27H,18-19H2,1-3H3/b25-17-. The molecule has 1 unspecified atom stereocenters. The van der Waals surface area contributed by atoms with Crippen LogP contribution in [0.1, 0.15) is 36.0 Å². The van der Waals surface area contributed by atoms with Crippen molar-refractivity contribution in [3.05, 3.63) is 99.9 Å². The SMILES string of the molecule is CSc1ccc(C2/C(=C/c3ccc4ccccc4n3)C(=O)C(C)(C)CN2Cc2cccs2)cc1. The van der Waals surface area contributed by atoms with Gasteiger partial charge >= 0.3 is 0 Å². The second kappa shape index (κ2) is 9.49. The van der Waals surface area contributed by atoms with Gasteiger partial charge in [-0.15, -0.1) is 23.1 Å². The number of hydrogen-bond acceptors (Lipinski definition) is 5. The van der Waals surface area contributed by atoms with Gasteiger partial charge in [0.1, 0.15) is 0 Å². The van der Waals surface area contributed by atoms with Gasteiger partial charge in [-0.2, -0.15) is 0 Å². The maximum atomic E-state index is 13.8. The Morgan fingerprint density at radius 2 is 1.85 bits per heavy atom. The van der Waals surface area contributed by atoms with E-state index in [4.69, 9.17) is 4.98 Å². The van der Waals surface area contributed by atoms with E-state index in [1.54, 1.807) is 23.1 Å². The topological polar surface area (TPSA) is 33.2 Å². The highest BCUT2D eigenvalue weighted by molar-refractivity contribution is 7.98. The lowest BCUT2D eigenvalue weighted by Gasteiger charge is -2.44. The molecule has 1 atom stereocenters. The summed E-state index contributed by atoms with van der Waals surface area (Å²) >= 11 is 3.50. The molecule has 0 saturated carbocycles. The van der Waals surface area contributed by atoms with Crippen LogP contribution < -0.4 is 0 Å². The van der Waals surface area contributed by atoms with E-state index in [2.05, 4.69) is 78.9 Å². The van der Waals surface area contributed by atoms with E-state index >= 15 is 0 Å². The summed E-state index contributed by atoms with van der Waals surface area (Å²) in [7, 11) is 0. The van der Waals surface area contributed by atoms with Crippen LogP contribution >= 0.6 is 23.1 Å². The van der Waals surface area contributed by atoms with E-state index in [1.807, 2.05) is 30.3 Å². The van der Waals surface area contributed by atoms with Crippen molar-refractivity contribution in [2.45, 2.75) is 31.3 Å². The number of carbonyl (C=O) groups is 1. The molecule has 172 valence electrons. The number of thioether (sulfide) groups is 1. The molecule has 0 N–H and O–H groups in total. The fourth-order valence-corrected chi connectivity index (χ4v) is 5.91. The molecule has 0 amide bonds. The summed E-state index contributed by atoms with van der Waals surface area (Å²) in [5, 5.41) is 3.22. The third-order valence-electron chi connectivity index (χ3n) is 6.43. The van der Waals surface area contributed by atoms with Gasteiger partial charge in [-0.3, -0.25) is 9.69 Å². The minimum absolute atomic E-state index is 0.119. The molecule has 2 aromatic heterocycles. The summed E-state index contributed by atoms with van der Waals surface area (Å²) in [6.07, 6.45) is 4.10. The number of nitrogens with zero attached hydrogens (tertiary/aromatic N) is 2. The van der Waals surface area contributed by atoms with Crippen molar-refractivity contribution in [1.82, 2.24) is 9.88 Å². The van der Waals surface area contributed by atoms with Crippen LogP contribution in [-0.4, -0.2) is 28.5 Å².